The number of hydrogen-bond acceptors (Lipinski definition) is 4. The van der Waals surface area contributed by atoms with E-state index in [2.05, 4.69) is 22.9 Å². The van der Waals surface area contributed by atoms with Crippen molar-refractivity contribution in [2.24, 2.45) is 0 Å². The van der Waals surface area contributed by atoms with Gasteiger partial charge in [-0.05, 0) is 38.1 Å². The Bertz CT molecular complexity index is 555. The van der Waals surface area contributed by atoms with Crippen LogP contribution in [0.15, 0.2) is 34.9 Å². The smallest absolute Gasteiger partial charge is 0.130 e. The highest BCUT2D eigenvalue weighted by molar-refractivity contribution is 5.46. The van der Waals surface area contributed by atoms with Gasteiger partial charge < -0.3 is 9.32 Å². The number of hydrogen-bond donors (Lipinski definition) is 0. The molecule has 0 aromatic carbocycles. The van der Waals surface area contributed by atoms with Crippen molar-refractivity contribution in [3.05, 3.63) is 47.5 Å². The summed E-state index contributed by atoms with van der Waals surface area (Å²) in [5.74, 6) is 1.70. The van der Waals surface area contributed by atoms with Crippen LogP contribution < -0.4 is 4.90 Å². The maximum atomic E-state index is 8.98. The van der Waals surface area contributed by atoms with Crippen molar-refractivity contribution in [2.75, 3.05) is 11.4 Å². The van der Waals surface area contributed by atoms with E-state index in [0.717, 1.165) is 23.8 Å². The molecule has 0 amide bonds. The van der Waals surface area contributed by atoms with Crippen LogP contribution in [0, 0.1) is 18.3 Å². The van der Waals surface area contributed by atoms with E-state index in [-0.39, 0.29) is 0 Å². The summed E-state index contributed by atoms with van der Waals surface area (Å²) >= 11 is 0. The molecule has 0 aliphatic rings. The fraction of sp³-hybridized carbons (Fsp3) is 0.286. The predicted octanol–water partition coefficient (Wildman–Crippen LogP) is 2.88. The Morgan fingerprint density at radius 1 is 1.44 bits per heavy atom. The van der Waals surface area contributed by atoms with E-state index in [1.54, 1.807) is 18.4 Å². The van der Waals surface area contributed by atoms with E-state index in [1.165, 1.54) is 0 Å². The molecule has 0 saturated carbocycles. The van der Waals surface area contributed by atoms with Crippen LogP contribution in [0.2, 0.25) is 0 Å². The van der Waals surface area contributed by atoms with Crippen LogP contribution in [0.3, 0.4) is 0 Å². The summed E-state index contributed by atoms with van der Waals surface area (Å²) in [7, 11) is 0. The third-order valence-corrected chi connectivity index (χ3v) is 2.70. The number of anilines is 1. The lowest BCUT2D eigenvalue weighted by molar-refractivity contribution is 0.503. The summed E-state index contributed by atoms with van der Waals surface area (Å²) in [6.45, 7) is 5.41. The maximum Gasteiger partial charge on any atom is 0.130 e. The molecular formula is C14H15N3O. The van der Waals surface area contributed by atoms with Gasteiger partial charge in [0, 0.05) is 12.2 Å². The molecule has 2 aromatic heterocycles. The van der Waals surface area contributed by atoms with Crippen LogP contribution >= 0.6 is 0 Å². The number of furan rings is 1. The van der Waals surface area contributed by atoms with E-state index in [9.17, 15) is 0 Å². The first-order valence-corrected chi connectivity index (χ1v) is 5.89. The molecule has 18 heavy (non-hydrogen) atoms. The Balaban J connectivity index is 2.27. The number of pyridine rings is 1. The summed E-state index contributed by atoms with van der Waals surface area (Å²) in [4.78, 5) is 6.54. The Morgan fingerprint density at radius 3 is 2.89 bits per heavy atom. The molecule has 0 radical (unpaired) electrons. The van der Waals surface area contributed by atoms with Gasteiger partial charge in [-0.2, -0.15) is 5.26 Å². The minimum absolute atomic E-state index is 0.635. The zero-order chi connectivity index (χ0) is 13.0. The lowest BCUT2D eigenvalue weighted by atomic mass is 10.2. The lowest BCUT2D eigenvalue weighted by Gasteiger charge is -2.21. The summed E-state index contributed by atoms with van der Waals surface area (Å²) in [6.07, 6.45) is 1.66. The average Bonchev–Trinajstić information content (AvgIpc) is 2.88. The topological polar surface area (TPSA) is 53.1 Å². The molecule has 0 aliphatic carbocycles. The molecule has 0 saturated heterocycles. The van der Waals surface area contributed by atoms with Crippen LogP contribution in [0.5, 0.6) is 0 Å². The minimum Gasteiger partial charge on any atom is -0.467 e. The van der Waals surface area contributed by atoms with Gasteiger partial charge in [0.25, 0.3) is 0 Å². The van der Waals surface area contributed by atoms with Crippen molar-refractivity contribution in [3.8, 4) is 6.07 Å². The minimum atomic E-state index is 0.635. The SMILES string of the molecule is CCN(Cc1ccco1)c1cc(C#N)cc(C)n1. The van der Waals surface area contributed by atoms with Crippen LogP contribution in [0.4, 0.5) is 5.82 Å². The molecule has 0 bridgehead atoms. The summed E-state index contributed by atoms with van der Waals surface area (Å²) in [5.41, 5.74) is 1.48. The van der Waals surface area contributed by atoms with Gasteiger partial charge in [0.2, 0.25) is 0 Å². The van der Waals surface area contributed by atoms with E-state index in [0.29, 0.717) is 12.1 Å². The summed E-state index contributed by atoms with van der Waals surface area (Å²) < 4.78 is 5.34. The standard InChI is InChI=1S/C14H15N3O/c1-3-17(10-13-5-4-6-18-13)14-8-12(9-15)7-11(2)16-14/h4-8H,3,10H2,1-2H3. The van der Waals surface area contributed by atoms with Gasteiger partial charge in [-0.25, -0.2) is 4.98 Å². The van der Waals surface area contributed by atoms with Crippen molar-refractivity contribution in [3.63, 3.8) is 0 Å². The molecule has 4 nitrogen and oxygen atoms in total. The molecular weight excluding hydrogens is 226 g/mol. The zero-order valence-electron chi connectivity index (χ0n) is 10.6. The first-order chi connectivity index (χ1) is 8.72. The first-order valence-electron chi connectivity index (χ1n) is 5.89. The van der Waals surface area contributed by atoms with Gasteiger partial charge in [0.1, 0.15) is 11.6 Å². The highest BCUT2D eigenvalue weighted by Gasteiger charge is 2.10. The van der Waals surface area contributed by atoms with Gasteiger partial charge in [0.05, 0.1) is 24.4 Å². The predicted molar refractivity (Wildman–Crippen MR) is 69.1 cm³/mol. The Labute approximate surface area is 106 Å². The zero-order valence-corrected chi connectivity index (χ0v) is 10.6. The van der Waals surface area contributed by atoms with Crippen LogP contribution in [-0.2, 0) is 6.54 Å². The third kappa shape index (κ3) is 2.69. The molecule has 0 unspecified atom stereocenters. The van der Waals surface area contributed by atoms with E-state index < -0.39 is 0 Å². The first kappa shape index (κ1) is 12.2. The Hall–Kier alpha value is -2.28. The second kappa shape index (κ2) is 5.37. The highest BCUT2D eigenvalue weighted by Crippen LogP contribution is 2.17. The second-order valence-electron chi connectivity index (χ2n) is 4.06. The largest absolute Gasteiger partial charge is 0.467 e. The molecule has 0 fully saturated rings. The van der Waals surface area contributed by atoms with E-state index in [4.69, 9.17) is 9.68 Å². The van der Waals surface area contributed by atoms with Crippen LogP contribution in [0.1, 0.15) is 23.9 Å². The number of aryl methyl sites for hydroxylation is 1. The van der Waals surface area contributed by atoms with E-state index in [1.807, 2.05) is 19.1 Å². The molecule has 92 valence electrons. The van der Waals surface area contributed by atoms with Crippen LogP contribution in [-0.4, -0.2) is 11.5 Å². The molecule has 2 heterocycles. The fourth-order valence-electron chi connectivity index (χ4n) is 1.82. The lowest BCUT2D eigenvalue weighted by Crippen LogP contribution is -2.23. The molecule has 2 aromatic rings. The van der Waals surface area contributed by atoms with Crippen molar-refractivity contribution in [1.82, 2.24) is 4.98 Å². The molecule has 0 aliphatic heterocycles. The molecule has 0 spiro atoms. The highest BCUT2D eigenvalue weighted by atomic mass is 16.3. The fourth-order valence-corrected chi connectivity index (χ4v) is 1.82. The van der Waals surface area contributed by atoms with Gasteiger partial charge in [-0.1, -0.05) is 0 Å². The van der Waals surface area contributed by atoms with Crippen molar-refractivity contribution in [1.29, 1.82) is 5.26 Å². The molecule has 4 heteroatoms. The van der Waals surface area contributed by atoms with Gasteiger partial charge in [-0.15, -0.1) is 0 Å². The summed E-state index contributed by atoms with van der Waals surface area (Å²) in [6, 6.07) is 9.55. The molecule has 0 atom stereocenters. The summed E-state index contributed by atoms with van der Waals surface area (Å²) in [5, 5.41) is 8.98. The number of rotatable bonds is 4. The van der Waals surface area contributed by atoms with Gasteiger partial charge in [0.15, 0.2) is 0 Å². The molecule has 2 rings (SSSR count). The quantitative estimate of drug-likeness (QED) is 0.825. The normalized spacial score (nSPS) is 10.1. The Morgan fingerprint density at radius 2 is 2.28 bits per heavy atom. The number of aromatic nitrogens is 1. The number of nitrogens with zero attached hydrogens (tertiary/aromatic N) is 3. The van der Waals surface area contributed by atoms with Gasteiger partial charge in [-0.3, -0.25) is 0 Å². The van der Waals surface area contributed by atoms with E-state index >= 15 is 0 Å². The maximum absolute atomic E-state index is 8.98. The van der Waals surface area contributed by atoms with Crippen molar-refractivity contribution < 1.29 is 4.42 Å². The monoisotopic (exact) mass is 241 g/mol. The van der Waals surface area contributed by atoms with Gasteiger partial charge >= 0.3 is 0 Å². The second-order valence-corrected chi connectivity index (χ2v) is 4.06. The van der Waals surface area contributed by atoms with Crippen LogP contribution in [0.25, 0.3) is 0 Å². The third-order valence-electron chi connectivity index (χ3n) is 2.70. The average molecular weight is 241 g/mol. The number of nitriles is 1. The van der Waals surface area contributed by atoms with Crippen molar-refractivity contribution >= 4 is 5.82 Å². The molecule has 0 N–H and O–H groups in total. The Kier molecular flexibility index (Phi) is 3.63. The van der Waals surface area contributed by atoms with Crippen molar-refractivity contribution in [2.45, 2.75) is 20.4 Å².